The van der Waals surface area contributed by atoms with Gasteiger partial charge in [-0.3, -0.25) is 0 Å². The van der Waals surface area contributed by atoms with Crippen LogP contribution in [0.2, 0.25) is 0 Å². The lowest BCUT2D eigenvalue weighted by Gasteiger charge is -2.10. The van der Waals surface area contributed by atoms with Gasteiger partial charge in [0.25, 0.3) is 0 Å². The number of carboxylic acids is 1. The highest BCUT2D eigenvalue weighted by Crippen LogP contribution is 2.39. The molecular formula is C31H27F3N5O2S2+. The molecule has 0 bridgehead atoms. The van der Waals surface area contributed by atoms with Gasteiger partial charge in [0.15, 0.2) is 16.4 Å². The molecule has 6 rings (SSSR count). The van der Waals surface area contributed by atoms with E-state index < -0.39 is 34.3 Å². The summed E-state index contributed by atoms with van der Waals surface area (Å²) in [5.74, 6) is -2.22. The molecule has 0 spiro atoms. The van der Waals surface area contributed by atoms with Crippen LogP contribution in [0.4, 0.5) is 13.2 Å². The molecule has 1 atom stereocenters. The summed E-state index contributed by atoms with van der Waals surface area (Å²) < 4.78 is 56.8. The Morgan fingerprint density at radius 2 is 1.91 bits per heavy atom. The van der Waals surface area contributed by atoms with Gasteiger partial charge in [0.2, 0.25) is 5.13 Å². The van der Waals surface area contributed by atoms with Crippen molar-refractivity contribution in [1.29, 1.82) is 4.78 Å². The maximum atomic E-state index is 15.1. The van der Waals surface area contributed by atoms with Crippen LogP contribution in [0.1, 0.15) is 40.2 Å². The summed E-state index contributed by atoms with van der Waals surface area (Å²) in [6.07, 6.45) is 3.02. The molecule has 0 amide bonds. The fourth-order valence-corrected chi connectivity index (χ4v) is 6.56. The Kier molecular flexibility index (Phi) is 7.99. The fraction of sp³-hybridized carbons (Fsp3) is 0.194. The third-order valence-corrected chi connectivity index (χ3v) is 9.50. The molecule has 220 valence electrons. The van der Waals surface area contributed by atoms with E-state index in [0.29, 0.717) is 39.9 Å². The molecule has 5 aromatic rings. The van der Waals surface area contributed by atoms with Gasteiger partial charge in [-0.15, -0.1) is 16.1 Å². The number of benzene rings is 3. The summed E-state index contributed by atoms with van der Waals surface area (Å²) in [7, 11) is 0.0299. The second-order valence-electron chi connectivity index (χ2n) is 10.4. The van der Waals surface area contributed by atoms with Crippen LogP contribution in [-0.2, 0) is 23.7 Å². The molecule has 1 aliphatic carbocycles. The quantitative estimate of drug-likeness (QED) is 0.116. The molecule has 12 heteroatoms. The number of carboxylic acid groups (broad SMARTS) is 1. The first-order chi connectivity index (χ1) is 20.7. The number of hydrogen-bond acceptors (Lipinski definition) is 5. The number of rotatable bonds is 10. The number of nitrogens with one attached hydrogen (secondary N) is 2. The average Bonchev–Trinajstić information content (AvgIpc) is 3.55. The van der Waals surface area contributed by atoms with Crippen molar-refractivity contribution in [2.45, 2.75) is 30.6 Å². The molecule has 2 aromatic heterocycles. The van der Waals surface area contributed by atoms with Gasteiger partial charge in [-0.2, -0.15) is 9.82 Å². The zero-order valence-corrected chi connectivity index (χ0v) is 24.7. The molecule has 43 heavy (non-hydrogen) atoms. The standard InChI is InChI=1S/C31H26F3N5O2S2/c1-36-43(35)28-10-7-18(12-25(28)34)11-23-27(13-17-5-6-17)39(31-37-26(16-42-31)30(40)41)38-29(23)20-8-9-24(33)22(15-20)19-3-2-4-21(32)14-19/h2-4,7-10,12,14-17H,5-6,11,13H2,1H3,(H2,35,36)(H,40,41)/p+1. The number of aromatic nitrogens is 3. The van der Waals surface area contributed by atoms with E-state index in [1.165, 1.54) is 35.7 Å². The summed E-state index contributed by atoms with van der Waals surface area (Å²) >= 11 is 1.15. The first-order valence-corrected chi connectivity index (χ1v) is 15.8. The van der Waals surface area contributed by atoms with Gasteiger partial charge in [-0.05, 0) is 78.8 Å². The smallest absolute Gasteiger partial charge is 0.355 e. The van der Waals surface area contributed by atoms with Gasteiger partial charge in [0.1, 0.15) is 11.6 Å². The number of aromatic carboxylic acids is 1. The first kappa shape index (κ1) is 29.0. The molecular weight excluding hydrogens is 596 g/mol. The van der Waals surface area contributed by atoms with Gasteiger partial charge in [-0.1, -0.05) is 18.2 Å². The lowest BCUT2D eigenvalue weighted by Crippen LogP contribution is -2.11. The third kappa shape index (κ3) is 6.03. The number of thiol groups is 1. The van der Waals surface area contributed by atoms with Crippen molar-refractivity contribution in [3.63, 3.8) is 0 Å². The highest BCUT2D eigenvalue weighted by molar-refractivity contribution is 7.84. The van der Waals surface area contributed by atoms with Gasteiger partial charge in [0, 0.05) is 35.5 Å². The molecule has 0 radical (unpaired) electrons. The van der Waals surface area contributed by atoms with Crippen molar-refractivity contribution in [2.75, 3.05) is 7.05 Å². The minimum absolute atomic E-state index is 0.0970. The highest BCUT2D eigenvalue weighted by Gasteiger charge is 2.30. The van der Waals surface area contributed by atoms with E-state index in [-0.39, 0.29) is 22.6 Å². The van der Waals surface area contributed by atoms with Gasteiger partial charge in [-0.25, -0.2) is 27.6 Å². The zero-order valence-electron chi connectivity index (χ0n) is 22.9. The molecule has 2 heterocycles. The maximum Gasteiger partial charge on any atom is 0.355 e. The number of thiazole rings is 1. The van der Waals surface area contributed by atoms with Crippen LogP contribution in [-0.4, -0.2) is 32.9 Å². The minimum atomic E-state index is -1.59. The van der Waals surface area contributed by atoms with Gasteiger partial charge in [0.05, 0.1) is 22.3 Å². The Bertz CT molecular complexity index is 1880. The Balaban J connectivity index is 1.53. The second-order valence-corrected chi connectivity index (χ2v) is 12.8. The van der Waals surface area contributed by atoms with Crippen LogP contribution >= 0.6 is 11.3 Å². The van der Waals surface area contributed by atoms with Crippen molar-refractivity contribution in [1.82, 2.24) is 19.5 Å². The predicted molar refractivity (Wildman–Crippen MR) is 161 cm³/mol. The topological polar surface area (TPSA) is 104 Å². The van der Waals surface area contributed by atoms with E-state index in [4.69, 9.17) is 9.88 Å². The molecule has 1 fully saturated rings. The third-order valence-electron chi connectivity index (χ3n) is 7.39. The van der Waals surface area contributed by atoms with Gasteiger partial charge < -0.3 is 5.11 Å². The Labute approximate surface area is 252 Å². The molecule has 1 unspecified atom stereocenters. The van der Waals surface area contributed by atoms with Gasteiger partial charge >= 0.3 is 5.97 Å². The summed E-state index contributed by atoms with van der Waals surface area (Å²) in [6.45, 7) is 0. The lowest BCUT2D eigenvalue weighted by molar-refractivity contribution is 0.0691. The first-order valence-electron chi connectivity index (χ1n) is 13.5. The maximum absolute atomic E-state index is 15.1. The van der Waals surface area contributed by atoms with E-state index in [1.807, 2.05) is 0 Å². The molecule has 3 N–H and O–H groups in total. The Morgan fingerprint density at radius 3 is 2.58 bits per heavy atom. The monoisotopic (exact) mass is 622 g/mol. The number of carbonyl (C=O) groups is 1. The molecule has 1 saturated carbocycles. The van der Waals surface area contributed by atoms with Crippen molar-refractivity contribution in [3.05, 3.63) is 106 Å². The number of halogens is 3. The van der Waals surface area contributed by atoms with Crippen molar-refractivity contribution < 1.29 is 23.1 Å². The lowest BCUT2D eigenvalue weighted by atomic mass is 9.95. The second kappa shape index (κ2) is 11.9. The normalized spacial score (nSPS) is 13.8. The van der Waals surface area contributed by atoms with E-state index in [9.17, 15) is 14.3 Å². The summed E-state index contributed by atoms with van der Waals surface area (Å²) in [6, 6.07) is 15.1. The molecule has 7 nitrogen and oxygen atoms in total. The highest BCUT2D eigenvalue weighted by atomic mass is 32.2. The molecule has 1 aliphatic rings. The minimum Gasteiger partial charge on any atom is -0.476 e. The van der Waals surface area contributed by atoms with E-state index in [2.05, 4.69) is 9.71 Å². The van der Waals surface area contributed by atoms with Crippen molar-refractivity contribution >= 4 is 28.2 Å². The zero-order chi connectivity index (χ0) is 30.2. The molecule has 0 aliphatic heterocycles. The van der Waals surface area contributed by atoms with Crippen LogP contribution < -0.4 is 4.72 Å². The van der Waals surface area contributed by atoms with Crippen LogP contribution in [0, 0.1) is 28.1 Å². The van der Waals surface area contributed by atoms with Crippen molar-refractivity contribution in [3.8, 4) is 27.5 Å². The average molecular weight is 623 g/mol. The van der Waals surface area contributed by atoms with Crippen molar-refractivity contribution in [2.24, 2.45) is 5.92 Å². The van der Waals surface area contributed by atoms with Crippen LogP contribution in [0.5, 0.6) is 0 Å². The van der Waals surface area contributed by atoms with Crippen LogP contribution in [0.3, 0.4) is 0 Å². The Morgan fingerprint density at radius 1 is 1.09 bits per heavy atom. The van der Waals surface area contributed by atoms with E-state index >= 15 is 8.78 Å². The summed E-state index contributed by atoms with van der Waals surface area (Å²) in [4.78, 5) is 16.2. The number of nitrogens with zero attached hydrogens (tertiary/aromatic N) is 3. The predicted octanol–water partition coefficient (Wildman–Crippen LogP) is 6.93. The van der Waals surface area contributed by atoms with E-state index in [0.717, 1.165) is 35.4 Å². The Hall–Kier alpha value is -4.13. The summed E-state index contributed by atoms with van der Waals surface area (Å²) in [5, 5.41) is 16.2. The largest absolute Gasteiger partial charge is 0.476 e. The molecule has 3 aromatic carbocycles. The SMILES string of the molecule is CN[SH+](=N)c1ccc(Cc2c(-c3ccc(F)c(-c4cccc(F)c4)c3)nn(-c3nc(C(=O)O)cs3)c2CC2CC2)cc1F. The fourth-order valence-electron chi connectivity index (χ4n) is 5.04. The van der Waals surface area contributed by atoms with E-state index in [1.54, 1.807) is 42.1 Å². The van der Waals surface area contributed by atoms with Crippen LogP contribution in [0.15, 0.2) is 70.9 Å². The van der Waals surface area contributed by atoms with Crippen LogP contribution in [0.25, 0.3) is 27.5 Å². The summed E-state index contributed by atoms with van der Waals surface area (Å²) in [5.41, 5.74) is 3.84. The number of hydrogen-bond donors (Lipinski definition) is 3. The molecule has 0 saturated heterocycles.